The minimum Gasteiger partial charge on any atom is -0.465 e. The monoisotopic (exact) mass is 306 g/mol. The predicted molar refractivity (Wildman–Crippen MR) is 71.4 cm³/mol. The Balaban J connectivity index is 2.07. The maximum absolute atomic E-state index is 10.2. The second-order valence-electron chi connectivity index (χ2n) is 4.23. The third-order valence-electron chi connectivity index (χ3n) is 2.85. The lowest BCUT2D eigenvalue weighted by molar-refractivity contribution is 0.164. The molecule has 0 spiro atoms. The first kappa shape index (κ1) is 11.6. The summed E-state index contributed by atoms with van der Waals surface area (Å²) in [4.78, 5) is 0. The van der Waals surface area contributed by atoms with Crippen molar-refractivity contribution in [3.63, 3.8) is 0 Å². The summed E-state index contributed by atoms with van der Waals surface area (Å²) >= 11 is 3.32. The van der Waals surface area contributed by atoms with Crippen molar-refractivity contribution in [2.75, 3.05) is 0 Å². The Kier molecular flexibility index (Phi) is 2.76. The normalized spacial score (nSPS) is 13.1. The summed E-state index contributed by atoms with van der Waals surface area (Å²) in [6.07, 6.45) is 0.622. The van der Waals surface area contributed by atoms with Crippen LogP contribution in [0.4, 0.5) is 0 Å². The summed E-state index contributed by atoms with van der Waals surface area (Å²) in [5.74, 6) is 0.928. The molecule has 1 aromatic carbocycles. The largest absolute Gasteiger partial charge is 0.465 e. The van der Waals surface area contributed by atoms with Crippen LogP contribution in [-0.2, 0) is 0 Å². The summed E-state index contributed by atoms with van der Waals surface area (Å²) < 4.78 is 11.6. The number of rotatable bonds is 2. The van der Waals surface area contributed by atoms with E-state index in [4.69, 9.17) is 8.83 Å². The van der Waals surface area contributed by atoms with E-state index in [9.17, 15) is 5.11 Å². The molecule has 0 saturated heterocycles. The molecule has 18 heavy (non-hydrogen) atoms. The standard InChI is InChI=1S/C14H11BrO3/c1-8-2-3-11-9(6-8)7-12(18-11)13(16)14-10(15)4-5-17-14/h2-7,13,16H,1H3. The number of furan rings is 2. The van der Waals surface area contributed by atoms with Gasteiger partial charge in [0.25, 0.3) is 0 Å². The Bertz CT molecular complexity index is 696. The highest BCUT2D eigenvalue weighted by atomic mass is 79.9. The molecule has 0 saturated carbocycles. The molecule has 92 valence electrons. The van der Waals surface area contributed by atoms with Gasteiger partial charge in [-0.25, -0.2) is 0 Å². The summed E-state index contributed by atoms with van der Waals surface area (Å²) in [7, 11) is 0. The Morgan fingerprint density at radius 2 is 2.06 bits per heavy atom. The highest BCUT2D eigenvalue weighted by Gasteiger charge is 2.21. The number of aliphatic hydroxyl groups excluding tert-OH is 1. The smallest absolute Gasteiger partial charge is 0.170 e. The van der Waals surface area contributed by atoms with Crippen LogP contribution in [0.1, 0.15) is 23.2 Å². The molecule has 4 heteroatoms. The highest BCUT2D eigenvalue weighted by Crippen LogP contribution is 2.32. The van der Waals surface area contributed by atoms with Crippen LogP contribution in [0.25, 0.3) is 11.0 Å². The summed E-state index contributed by atoms with van der Waals surface area (Å²) in [6, 6.07) is 9.47. The number of aryl methyl sites for hydroxylation is 1. The number of benzene rings is 1. The maximum Gasteiger partial charge on any atom is 0.170 e. The molecule has 2 aromatic heterocycles. The van der Waals surface area contributed by atoms with Crippen molar-refractivity contribution in [2.45, 2.75) is 13.0 Å². The maximum atomic E-state index is 10.2. The number of fused-ring (bicyclic) bond motifs is 1. The molecule has 3 aromatic rings. The lowest BCUT2D eigenvalue weighted by Crippen LogP contribution is -1.96. The van der Waals surface area contributed by atoms with Gasteiger partial charge in [-0.05, 0) is 47.1 Å². The first-order chi connectivity index (χ1) is 8.65. The highest BCUT2D eigenvalue weighted by molar-refractivity contribution is 9.10. The molecule has 1 N–H and O–H groups in total. The van der Waals surface area contributed by atoms with Crippen LogP contribution < -0.4 is 0 Å². The third kappa shape index (κ3) is 1.87. The van der Waals surface area contributed by atoms with Crippen LogP contribution in [0.15, 0.2) is 49.9 Å². The fourth-order valence-corrected chi connectivity index (χ4v) is 2.37. The van der Waals surface area contributed by atoms with Crippen molar-refractivity contribution in [3.05, 3.63) is 58.2 Å². The van der Waals surface area contributed by atoms with Crippen molar-refractivity contribution >= 4 is 26.9 Å². The van der Waals surface area contributed by atoms with E-state index in [-0.39, 0.29) is 0 Å². The van der Waals surface area contributed by atoms with Crippen LogP contribution in [0.3, 0.4) is 0 Å². The van der Waals surface area contributed by atoms with E-state index in [1.165, 1.54) is 6.26 Å². The molecule has 3 rings (SSSR count). The molecule has 3 nitrogen and oxygen atoms in total. The summed E-state index contributed by atoms with van der Waals surface area (Å²) in [6.45, 7) is 2.02. The summed E-state index contributed by atoms with van der Waals surface area (Å²) in [5.41, 5.74) is 1.92. The van der Waals surface area contributed by atoms with Crippen LogP contribution >= 0.6 is 15.9 Å². The minimum atomic E-state index is -0.901. The first-order valence-electron chi connectivity index (χ1n) is 5.56. The van der Waals surface area contributed by atoms with Gasteiger partial charge in [-0.2, -0.15) is 0 Å². The van der Waals surface area contributed by atoms with Gasteiger partial charge >= 0.3 is 0 Å². The molecule has 0 aliphatic carbocycles. The Morgan fingerprint density at radius 1 is 1.22 bits per heavy atom. The second kappa shape index (κ2) is 4.30. The quantitative estimate of drug-likeness (QED) is 0.772. The van der Waals surface area contributed by atoms with E-state index in [1.54, 1.807) is 6.07 Å². The van der Waals surface area contributed by atoms with Crippen molar-refractivity contribution in [1.29, 1.82) is 0 Å². The third-order valence-corrected chi connectivity index (χ3v) is 3.51. The van der Waals surface area contributed by atoms with E-state index in [0.717, 1.165) is 21.0 Å². The molecule has 0 aliphatic rings. The molecular weight excluding hydrogens is 296 g/mol. The summed E-state index contributed by atoms with van der Waals surface area (Å²) in [5, 5.41) is 11.2. The molecular formula is C14H11BrO3. The molecule has 0 radical (unpaired) electrons. The Labute approximate surface area is 112 Å². The zero-order valence-electron chi connectivity index (χ0n) is 9.68. The fraction of sp³-hybridized carbons (Fsp3) is 0.143. The predicted octanol–water partition coefficient (Wildman–Crippen LogP) is 4.18. The van der Waals surface area contributed by atoms with Crippen molar-refractivity contribution in [3.8, 4) is 0 Å². The van der Waals surface area contributed by atoms with Gasteiger partial charge in [0.05, 0.1) is 10.7 Å². The number of halogens is 1. The van der Waals surface area contributed by atoms with Crippen molar-refractivity contribution in [2.24, 2.45) is 0 Å². The lowest BCUT2D eigenvalue weighted by Gasteiger charge is -2.04. The van der Waals surface area contributed by atoms with Gasteiger partial charge in [0.1, 0.15) is 11.3 Å². The second-order valence-corrected chi connectivity index (χ2v) is 5.08. The topological polar surface area (TPSA) is 46.5 Å². The van der Waals surface area contributed by atoms with Crippen molar-refractivity contribution in [1.82, 2.24) is 0 Å². The molecule has 0 fully saturated rings. The van der Waals surface area contributed by atoms with Gasteiger partial charge in [-0.3, -0.25) is 0 Å². The molecule has 1 atom stereocenters. The minimum absolute atomic E-state index is 0.450. The zero-order valence-corrected chi connectivity index (χ0v) is 11.3. The molecule has 1 unspecified atom stereocenters. The average Bonchev–Trinajstić information content (AvgIpc) is 2.93. The van der Waals surface area contributed by atoms with Gasteiger partial charge in [-0.1, -0.05) is 11.6 Å². The first-order valence-corrected chi connectivity index (χ1v) is 6.35. The van der Waals surface area contributed by atoms with Crippen LogP contribution in [0.2, 0.25) is 0 Å². The number of aliphatic hydroxyl groups is 1. The van der Waals surface area contributed by atoms with Crippen LogP contribution in [-0.4, -0.2) is 5.11 Å². The SMILES string of the molecule is Cc1ccc2oc(C(O)c3occc3Br)cc2c1. The van der Waals surface area contributed by atoms with Gasteiger partial charge in [-0.15, -0.1) is 0 Å². The van der Waals surface area contributed by atoms with Gasteiger partial charge in [0.15, 0.2) is 11.9 Å². The molecule has 0 bridgehead atoms. The van der Waals surface area contributed by atoms with E-state index in [0.29, 0.717) is 11.5 Å². The molecule has 0 aliphatic heterocycles. The zero-order chi connectivity index (χ0) is 12.7. The van der Waals surface area contributed by atoms with E-state index in [1.807, 2.05) is 31.2 Å². The number of hydrogen-bond acceptors (Lipinski definition) is 3. The van der Waals surface area contributed by atoms with Gasteiger partial charge < -0.3 is 13.9 Å². The van der Waals surface area contributed by atoms with Crippen LogP contribution in [0.5, 0.6) is 0 Å². The van der Waals surface area contributed by atoms with E-state index >= 15 is 0 Å². The van der Waals surface area contributed by atoms with E-state index in [2.05, 4.69) is 15.9 Å². The van der Waals surface area contributed by atoms with Crippen molar-refractivity contribution < 1.29 is 13.9 Å². The molecule has 0 amide bonds. The molecule has 2 heterocycles. The van der Waals surface area contributed by atoms with Gasteiger partial charge in [0.2, 0.25) is 0 Å². The van der Waals surface area contributed by atoms with Gasteiger partial charge in [0, 0.05) is 5.39 Å². The Morgan fingerprint density at radius 3 is 2.78 bits per heavy atom. The average molecular weight is 307 g/mol. The Hall–Kier alpha value is -1.52. The van der Waals surface area contributed by atoms with E-state index < -0.39 is 6.10 Å². The lowest BCUT2D eigenvalue weighted by atomic mass is 10.1. The fourth-order valence-electron chi connectivity index (χ4n) is 1.95. The van der Waals surface area contributed by atoms with Crippen LogP contribution in [0, 0.1) is 6.92 Å². The number of hydrogen-bond donors (Lipinski definition) is 1.